The molecule has 4 rings (SSSR count). The highest BCUT2D eigenvalue weighted by Gasteiger charge is 2.47. The molecule has 3 atom stereocenters. The van der Waals surface area contributed by atoms with Crippen molar-refractivity contribution in [2.45, 2.75) is 30.7 Å². The van der Waals surface area contributed by atoms with Gasteiger partial charge in [0.25, 0.3) is 0 Å². The van der Waals surface area contributed by atoms with Crippen molar-refractivity contribution in [3.8, 4) is 11.1 Å². The van der Waals surface area contributed by atoms with Gasteiger partial charge in [0.05, 0.1) is 18.6 Å². The fourth-order valence-corrected chi connectivity index (χ4v) is 4.42. The van der Waals surface area contributed by atoms with Crippen LogP contribution in [0.5, 0.6) is 0 Å². The largest absolute Gasteiger partial charge is 0.479 e. The van der Waals surface area contributed by atoms with Gasteiger partial charge in [-0.3, -0.25) is 4.79 Å². The number of carboxylic acid groups (broad SMARTS) is 1. The predicted molar refractivity (Wildman–Crippen MR) is 117 cm³/mol. The Labute approximate surface area is 198 Å². The molecule has 8 nitrogen and oxygen atoms in total. The lowest BCUT2D eigenvalue weighted by Gasteiger charge is -2.19. The second-order valence-corrected chi connectivity index (χ2v) is 8.42. The van der Waals surface area contributed by atoms with Gasteiger partial charge in [0.1, 0.15) is 6.61 Å². The van der Waals surface area contributed by atoms with E-state index in [1.807, 2.05) is 48.5 Å². The van der Waals surface area contributed by atoms with E-state index in [2.05, 4.69) is 5.32 Å². The summed E-state index contributed by atoms with van der Waals surface area (Å²) >= 11 is 0. The number of carboxylic acids is 1. The lowest BCUT2D eigenvalue weighted by molar-refractivity contribution is -0.182. The molecule has 0 bridgehead atoms. The zero-order valence-corrected chi connectivity index (χ0v) is 18.4. The number of carbonyl (C=O) groups is 3. The summed E-state index contributed by atoms with van der Waals surface area (Å²) < 4.78 is 49.1. The minimum Gasteiger partial charge on any atom is -0.479 e. The Bertz CT molecular complexity index is 1080. The number of halogens is 3. The highest BCUT2D eigenvalue weighted by molar-refractivity contribution is 5.85. The maximum atomic E-state index is 12.8. The Morgan fingerprint density at radius 1 is 1.06 bits per heavy atom. The molecule has 2 aromatic rings. The first-order chi connectivity index (χ1) is 16.6. The second kappa shape index (κ2) is 9.95. The summed E-state index contributed by atoms with van der Waals surface area (Å²) in [6, 6.07) is 12.8. The smallest absolute Gasteiger partial charge is 0.419 e. The zero-order chi connectivity index (χ0) is 25.2. The summed E-state index contributed by atoms with van der Waals surface area (Å²) in [5.74, 6) is -4.34. The third kappa shape index (κ3) is 5.40. The lowest BCUT2D eigenvalue weighted by Crippen LogP contribution is -2.52. The number of hydrogen-bond donors (Lipinski definition) is 3. The van der Waals surface area contributed by atoms with Crippen LogP contribution in [0.3, 0.4) is 0 Å². The SMILES string of the molecule is O=C(NCC1CC(C(=O)NC(C(=O)O)C(F)(F)F)CO1)OCC1c2ccccc2-c2ccccc21. The molecule has 11 heteroatoms. The maximum absolute atomic E-state index is 12.8. The molecule has 35 heavy (non-hydrogen) atoms. The van der Waals surface area contributed by atoms with Gasteiger partial charge >= 0.3 is 18.2 Å². The van der Waals surface area contributed by atoms with Crippen molar-refractivity contribution >= 4 is 18.0 Å². The molecule has 2 aromatic carbocycles. The van der Waals surface area contributed by atoms with Gasteiger partial charge in [0.2, 0.25) is 11.9 Å². The predicted octanol–water partition coefficient (Wildman–Crippen LogP) is 3.06. The molecular formula is C24H23F3N2O6. The van der Waals surface area contributed by atoms with Crippen LogP contribution in [0.2, 0.25) is 0 Å². The summed E-state index contributed by atoms with van der Waals surface area (Å²) in [4.78, 5) is 35.1. The van der Waals surface area contributed by atoms with E-state index in [1.165, 1.54) is 5.32 Å². The summed E-state index contributed by atoms with van der Waals surface area (Å²) in [5.41, 5.74) is 4.31. The van der Waals surface area contributed by atoms with Crippen molar-refractivity contribution in [3.05, 3.63) is 59.7 Å². The van der Waals surface area contributed by atoms with Crippen molar-refractivity contribution in [2.24, 2.45) is 5.92 Å². The van der Waals surface area contributed by atoms with Gasteiger partial charge in [0, 0.05) is 12.5 Å². The van der Waals surface area contributed by atoms with E-state index in [4.69, 9.17) is 14.6 Å². The van der Waals surface area contributed by atoms with Gasteiger partial charge in [-0.25, -0.2) is 9.59 Å². The van der Waals surface area contributed by atoms with E-state index < -0.39 is 42.2 Å². The molecule has 0 saturated carbocycles. The highest BCUT2D eigenvalue weighted by Crippen LogP contribution is 2.44. The molecule has 186 valence electrons. The molecular weight excluding hydrogens is 469 g/mol. The van der Waals surface area contributed by atoms with E-state index in [1.54, 1.807) is 0 Å². The van der Waals surface area contributed by atoms with E-state index in [0.717, 1.165) is 22.3 Å². The topological polar surface area (TPSA) is 114 Å². The standard InChI is InChI=1S/C24H23F3N2O6/c25-24(26,27)20(22(31)32)29-21(30)13-9-14(34-11-13)10-28-23(33)35-12-19-17-7-3-1-5-15(17)16-6-2-4-8-18(16)19/h1-8,13-14,19-20H,9-12H2,(H,28,33)(H,29,30)(H,31,32). The van der Waals surface area contributed by atoms with Gasteiger partial charge < -0.3 is 25.2 Å². The summed E-state index contributed by atoms with van der Waals surface area (Å²) in [5, 5.41) is 12.8. The summed E-state index contributed by atoms with van der Waals surface area (Å²) in [7, 11) is 0. The van der Waals surface area contributed by atoms with Crippen molar-refractivity contribution < 1.29 is 42.1 Å². The maximum Gasteiger partial charge on any atom is 0.419 e. The Balaban J connectivity index is 1.25. The average molecular weight is 492 g/mol. The molecule has 1 saturated heterocycles. The first-order valence-corrected chi connectivity index (χ1v) is 11.0. The van der Waals surface area contributed by atoms with Crippen LogP contribution in [-0.2, 0) is 19.1 Å². The van der Waals surface area contributed by atoms with Crippen LogP contribution in [0, 0.1) is 5.92 Å². The quantitative estimate of drug-likeness (QED) is 0.548. The molecule has 1 heterocycles. The monoisotopic (exact) mass is 492 g/mol. The Kier molecular flexibility index (Phi) is 6.97. The van der Waals surface area contributed by atoms with Crippen LogP contribution in [-0.4, -0.2) is 61.2 Å². The van der Waals surface area contributed by atoms with Crippen LogP contribution in [0.1, 0.15) is 23.5 Å². The molecule has 0 aromatic heterocycles. The van der Waals surface area contributed by atoms with Crippen LogP contribution in [0.25, 0.3) is 11.1 Å². The number of carbonyl (C=O) groups excluding carboxylic acids is 2. The fraction of sp³-hybridized carbons (Fsp3) is 0.375. The van der Waals surface area contributed by atoms with E-state index in [-0.39, 0.29) is 32.1 Å². The second-order valence-electron chi connectivity index (χ2n) is 8.42. The Morgan fingerprint density at radius 2 is 1.66 bits per heavy atom. The van der Waals surface area contributed by atoms with Crippen molar-refractivity contribution in [2.75, 3.05) is 19.8 Å². The minimum atomic E-state index is -5.12. The number of fused-ring (bicyclic) bond motifs is 3. The van der Waals surface area contributed by atoms with Gasteiger partial charge in [-0.1, -0.05) is 48.5 Å². The number of rotatable bonds is 7. The number of nitrogens with one attached hydrogen (secondary N) is 2. The third-order valence-electron chi connectivity index (χ3n) is 6.13. The molecule has 0 radical (unpaired) electrons. The molecule has 2 aliphatic rings. The van der Waals surface area contributed by atoms with E-state index in [0.29, 0.717) is 0 Å². The van der Waals surface area contributed by atoms with Crippen LogP contribution in [0.4, 0.5) is 18.0 Å². The van der Waals surface area contributed by atoms with Crippen molar-refractivity contribution in [1.82, 2.24) is 10.6 Å². The highest BCUT2D eigenvalue weighted by atomic mass is 19.4. The molecule has 2 amide bonds. The summed E-state index contributed by atoms with van der Waals surface area (Å²) in [6.07, 6.45) is -6.40. The number of hydrogen-bond acceptors (Lipinski definition) is 5. The first kappa shape index (κ1) is 24.5. The molecule has 1 fully saturated rings. The van der Waals surface area contributed by atoms with Crippen molar-refractivity contribution in [1.29, 1.82) is 0 Å². The number of ether oxygens (including phenoxy) is 2. The van der Waals surface area contributed by atoms with Crippen LogP contribution < -0.4 is 10.6 Å². The first-order valence-electron chi connectivity index (χ1n) is 11.0. The fourth-order valence-electron chi connectivity index (χ4n) is 4.42. The molecule has 3 N–H and O–H groups in total. The third-order valence-corrected chi connectivity index (χ3v) is 6.13. The van der Waals surface area contributed by atoms with Crippen molar-refractivity contribution in [3.63, 3.8) is 0 Å². The Hall–Kier alpha value is -3.60. The normalized spacial score (nSPS) is 20.0. The molecule has 0 spiro atoms. The lowest BCUT2D eigenvalue weighted by atomic mass is 9.98. The molecule has 1 aliphatic carbocycles. The number of aliphatic carboxylic acids is 1. The van der Waals surface area contributed by atoms with Gasteiger partial charge in [-0.15, -0.1) is 0 Å². The van der Waals surface area contributed by atoms with Gasteiger partial charge in [-0.05, 0) is 28.7 Å². The number of benzene rings is 2. The van der Waals surface area contributed by atoms with Gasteiger partial charge in [-0.2, -0.15) is 13.2 Å². The van der Waals surface area contributed by atoms with Crippen LogP contribution >= 0.6 is 0 Å². The molecule has 3 unspecified atom stereocenters. The van der Waals surface area contributed by atoms with E-state index in [9.17, 15) is 27.6 Å². The number of alkyl halides is 3. The molecule has 1 aliphatic heterocycles. The van der Waals surface area contributed by atoms with Crippen LogP contribution in [0.15, 0.2) is 48.5 Å². The van der Waals surface area contributed by atoms with Gasteiger partial charge in [0.15, 0.2) is 0 Å². The van der Waals surface area contributed by atoms with E-state index >= 15 is 0 Å². The Morgan fingerprint density at radius 3 is 2.23 bits per heavy atom. The average Bonchev–Trinajstić information content (AvgIpc) is 3.42. The number of amides is 2. The number of alkyl carbamates (subject to hydrolysis) is 1. The minimum absolute atomic E-state index is 0.0118. The zero-order valence-electron chi connectivity index (χ0n) is 18.4. The summed E-state index contributed by atoms with van der Waals surface area (Å²) in [6.45, 7) is -0.0837.